The van der Waals surface area contributed by atoms with Gasteiger partial charge in [0.15, 0.2) is 0 Å². The van der Waals surface area contributed by atoms with E-state index in [0.29, 0.717) is 5.91 Å². The molecule has 1 aromatic rings. The predicted molar refractivity (Wildman–Crippen MR) is 120 cm³/mol. The Morgan fingerprint density at radius 2 is 1.50 bits per heavy atom. The van der Waals surface area contributed by atoms with E-state index in [9.17, 15) is 9.59 Å². The third-order valence-corrected chi connectivity index (χ3v) is 8.75. The smallest absolute Gasteiger partial charge is 0.321 e. The molecule has 0 atom stereocenters. The quantitative estimate of drug-likeness (QED) is 0.758. The van der Waals surface area contributed by atoms with Crippen molar-refractivity contribution in [1.29, 1.82) is 0 Å². The SMILES string of the molecule is Cc1ccc(NC(=O)N2CCC3(CC2)CCN(C(=O)C2C(C)(C)C2(C)C)C3)c(C)c1. The molecule has 1 aliphatic carbocycles. The second kappa shape index (κ2) is 7.00. The van der Waals surface area contributed by atoms with Gasteiger partial charge in [0.25, 0.3) is 0 Å². The minimum absolute atomic E-state index is 0.00999. The Labute approximate surface area is 181 Å². The number of amides is 3. The fraction of sp³-hybridized carbons (Fsp3) is 0.680. The molecule has 0 unspecified atom stereocenters. The molecule has 5 heteroatoms. The molecule has 5 nitrogen and oxygen atoms in total. The summed E-state index contributed by atoms with van der Waals surface area (Å²) in [7, 11) is 0. The van der Waals surface area contributed by atoms with E-state index < -0.39 is 0 Å². The Balaban J connectivity index is 1.32. The van der Waals surface area contributed by atoms with Gasteiger partial charge in [-0.2, -0.15) is 0 Å². The van der Waals surface area contributed by atoms with Gasteiger partial charge >= 0.3 is 6.03 Å². The minimum atomic E-state index is -0.00999. The Morgan fingerprint density at radius 1 is 0.933 bits per heavy atom. The monoisotopic (exact) mass is 411 g/mol. The van der Waals surface area contributed by atoms with Crippen LogP contribution in [0.25, 0.3) is 0 Å². The van der Waals surface area contributed by atoms with Gasteiger partial charge in [-0.3, -0.25) is 4.79 Å². The molecule has 2 saturated heterocycles. The Morgan fingerprint density at radius 3 is 2.03 bits per heavy atom. The van der Waals surface area contributed by atoms with E-state index in [1.807, 2.05) is 24.0 Å². The van der Waals surface area contributed by atoms with E-state index in [1.54, 1.807) is 0 Å². The molecule has 0 bridgehead atoms. The van der Waals surface area contributed by atoms with Crippen LogP contribution in [-0.2, 0) is 4.79 Å². The van der Waals surface area contributed by atoms with E-state index in [2.05, 4.69) is 50.9 Å². The fourth-order valence-electron chi connectivity index (χ4n) is 5.86. The van der Waals surface area contributed by atoms with Crippen molar-refractivity contribution in [2.24, 2.45) is 22.2 Å². The first-order valence-corrected chi connectivity index (χ1v) is 11.4. The normalized spacial score (nSPS) is 24.2. The van der Waals surface area contributed by atoms with Crippen molar-refractivity contribution in [2.45, 2.75) is 60.8 Å². The summed E-state index contributed by atoms with van der Waals surface area (Å²) >= 11 is 0. The van der Waals surface area contributed by atoms with Crippen LogP contribution in [0.1, 0.15) is 58.1 Å². The summed E-state index contributed by atoms with van der Waals surface area (Å²) in [6.07, 6.45) is 3.03. The number of carbonyl (C=O) groups is 2. The van der Waals surface area contributed by atoms with Crippen LogP contribution in [0.5, 0.6) is 0 Å². The molecule has 3 aliphatic rings. The zero-order valence-electron chi connectivity index (χ0n) is 19.5. The summed E-state index contributed by atoms with van der Waals surface area (Å²) in [4.78, 5) is 30.0. The highest BCUT2D eigenvalue weighted by Gasteiger charge is 2.69. The number of aryl methyl sites for hydroxylation is 2. The molecular weight excluding hydrogens is 374 g/mol. The van der Waals surface area contributed by atoms with Crippen LogP contribution in [0.2, 0.25) is 0 Å². The van der Waals surface area contributed by atoms with Gasteiger partial charge in [0, 0.05) is 37.8 Å². The summed E-state index contributed by atoms with van der Waals surface area (Å²) in [5, 5.41) is 3.08. The molecule has 2 heterocycles. The summed E-state index contributed by atoms with van der Waals surface area (Å²) in [5.41, 5.74) is 3.55. The number of hydrogen-bond donors (Lipinski definition) is 1. The summed E-state index contributed by atoms with van der Waals surface area (Å²) in [6.45, 7) is 16.2. The third kappa shape index (κ3) is 3.40. The van der Waals surface area contributed by atoms with Gasteiger partial charge in [-0.15, -0.1) is 0 Å². The number of piperidine rings is 1. The Kier molecular flexibility index (Phi) is 4.94. The minimum Gasteiger partial charge on any atom is -0.342 e. The summed E-state index contributed by atoms with van der Waals surface area (Å²) < 4.78 is 0. The highest BCUT2D eigenvalue weighted by atomic mass is 16.2. The lowest BCUT2D eigenvalue weighted by atomic mass is 9.78. The summed E-state index contributed by atoms with van der Waals surface area (Å²) in [6, 6.07) is 6.09. The molecule has 4 rings (SSSR count). The number of likely N-dealkylation sites (tertiary alicyclic amines) is 2. The number of rotatable bonds is 2. The van der Waals surface area contributed by atoms with Gasteiger partial charge in [-0.05, 0) is 61.0 Å². The molecule has 1 N–H and O–H groups in total. The van der Waals surface area contributed by atoms with Gasteiger partial charge in [-0.1, -0.05) is 45.4 Å². The van der Waals surface area contributed by atoms with E-state index in [1.165, 1.54) is 5.56 Å². The second-order valence-electron chi connectivity index (χ2n) is 11.1. The van der Waals surface area contributed by atoms with Crippen molar-refractivity contribution in [3.8, 4) is 0 Å². The number of urea groups is 1. The van der Waals surface area contributed by atoms with E-state index >= 15 is 0 Å². The number of nitrogens with one attached hydrogen (secondary N) is 1. The van der Waals surface area contributed by atoms with Gasteiger partial charge in [0.1, 0.15) is 0 Å². The highest BCUT2D eigenvalue weighted by Crippen LogP contribution is 2.69. The average Bonchev–Trinajstić information content (AvgIpc) is 2.94. The zero-order valence-corrected chi connectivity index (χ0v) is 19.5. The molecule has 0 aromatic heterocycles. The van der Waals surface area contributed by atoms with Crippen molar-refractivity contribution in [1.82, 2.24) is 9.80 Å². The standard InChI is InChI=1S/C25H37N3O2/c1-17-7-8-19(18(2)15-17)26-22(30)27-12-9-25(10-13-27)11-14-28(16-25)21(29)20-23(3,4)24(20,5)6/h7-8,15,20H,9-14,16H2,1-6H3,(H,26,30). The van der Waals surface area contributed by atoms with Crippen LogP contribution in [-0.4, -0.2) is 47.9 Å². The highest BCUT2D eigenvalue weighted by molar-refractivity contribution is 5.90. The van der Waals surface area contributed by atoms with Gasteiger partial charge < -0.3 is 15.1 Å². The summed E-state index contributed by atoms with van der Waals surface area (Å²) in [5.74, 6) is 0.487. The first-order chi connectivity index (χ1) is 14.0. The van der Waals surface area contributed by atoms with Crippen molar-refractivity contribution >= 4 is 17.6 Å². The van der Waals surface area contributed by atoms with Crippen LogP contribution in [0.3, 0.4) is 0 Å². The van der Waals surface area contributed by atoms with Crippen LogP contribution in [0, 0.1) is 36.0 Å². The number of carbonyl (C=O) groups excluding carboxylic acids is 2. The number of anilines is 1. The van der Waals surface area contributed by atoms with Gasteiger partial charge in [-0.25, -0.2) is 4.79 Å². The first kappa shape index (κ1) is 21.2. The van der Waals surface area contributed by atoms with E-state index in [-0.39, 0.29) is 28.2 Å². The maximum atomic E-state index is 13.1. The molecule has 2 aliphatic heterocycles. The lowest BCUT2D eigenvalue weighted by molar-refractivity contribution is -0.133. The largest absolute Gasteiger partial charge is 0.342 e. The number of hydrogen-bond acceptors (Lipinski definition) is 2. The van der Waals surface area contributed by atoms with Gasteiger partial charge in [0.2, 0.25) is 5.91 Å². The molecule has 3 amide bonds. The third-order valence-electron chi connectivity index (χ3n) is 8.75. The maximum Gasteiger partial charge on any atom is 0.321 e. The first-order valence-electron chi connectivity index (χ1n) is 11.4. The van der Waals surface area contributed by atoms with Crippen molar-refractivity contribution in [3.63, 3.8) is 0 Å². The second-order valence-corrected chi connectivity index (χ2v) is 11.1. The zero-order chi connectivity index (χ0) is 21.9. The maximum absolute atomic E-state index is 13.1. The lowest BCUT2D eigenvalue weighted by Gasteiger charge is -2.39. The molecular formula is C25H37N3O2. The van der Waals surface area contributed by atoms with Crippen molar-refractivity contribution in [3.05, 3.63) is 29.3 Å². The van der Waals surface area contributed by atoms with Crippen LogP contribution < -0.4 is 5.32 Å². The molecule has 0 radical (unpaired) electrons. The molecule has 164 valence electrons. The topological polar surface area (TPSA) is 52.7 Å². The van der Waals surface area contributed by atoms with Crippen LogP contribution >= 0.6 is 0 Å². The molecule has 3 fully saturated rings. The number of nitrogens with zero attached hydrogens (tertiary/aromatic N) is 2. The molecule has 30 heavy (non-hydrogen) atoms. The Bertz CT molecular complexity index is 851. The molecule has 1 saturated carbocycles. The van der Waals surface area contributed by atoms with Crippen molar-refractivity contribution in [2.75, 3.05) is 31.5 Å². The predicted octanol–water partition coefficient (Wildman–Crippen LogP) is 4.83. The average molecular weight is 412 g/mol. The molecule has 1 spiro atoms. The van der Waals surface area contributed by atoms with E-state index in [4.69, 9.17) is 0 Å². The molecule has 1 aromatic carbocycles. The fourth-order valence-corrected chi connectivity index (χ4v) is 5.86. The van der Waals surface area contributed by atoms with Crippen LogP contribution in [0.4, 0.5) is 10.5 Å². The lowest BCUT2D eigenvalue weighted by Crippen LogP contribution is -2.46. The number of benzene rings is 1. The Hall–Kier alpha value is -2.04. The van der Waals surface area contributed by atoms with E-state index in [0.717, 1.165) is 56.7 Å². The van der Waals surface area contributed by atoms with Crippen molar-refractivity contribution < 1.29 is 9.59 Å². The van der Waals surface area contributed by atoms with Gasteiger partial charge in [0.05, 0.1) is 0 Å². The van der Waals surface area contributed by atoms with Crippen LogP contribution in [0.15, 0.2) is 18.2 Å².